The van der Waals surface area contributed by atoms with E-state index >= 15 is 0 Å². The number of pyridine rings is 1. The average Bonchev–Trinajstić information content (AvgIpc) is 2.81. The third-order valence-electron chi connectivity index (χ3n) is 4.76. The molecule has 1 atom stereocenters. The molecule has 0 spiro atoms. The number of rotatable bonds is 7. The SMILES string of the molecule is CCCC#Cc1ccc(/C(F)=C/c2ccc(F)c(C[C@@](C)(SC(N)=NC)C(=O)NC)c2)nc1. The number of thioether (sulfide) groups is 1. The van der Waals surface area contributed by atoms with Crippen LogP contribution < -0.4 is 11.1 Å². The molecule has 0 saturated heterocycles. The number of hydrogen-bond donors (Lipinski definition) is 2. The summed E-state index contributed by atoms with van der Waals surface area (Å²) in [7, 11) is 3.01. The van der Waals surface area contributed by atoms with E-state index in [4.69, 9.17) is 5.73 Å². The van der Waals surface area contributed by atoms with Crippen molar-refractivity contribution in [3.63, 3.8) is 0 Å². The summed E-state index contributed by atoms with van der Waals surface area (Å²) in [6.07, 6.45) is 4.59. The highest BCUT2D eigenvalue weighted by Gasteiger charge is 2.35. The fourth-order valence-electron chi connectivity index (χ4n) is 3.01. The molecule has 0 aliphatic heterocycles. The number of benzene rings is 1. The first-order chi connectivity index (χ1) is 15.7. The predicted molar refractivity (Wildman–Crippen MR) is 133 cm³/mol. The van der Waals surface area contributed by atoms with E-state index in [0.29, 0.717) is 11.1 Å². The summed E-state index contributed by atoms with van der Waals surface area (Å²) in [5.41, 5.74) is 7.38. The number of aliphatic imine (C=N–C) groups is 1. The number of amidine groups is 1. The maximum absolute atomic E-state index is 14.8. The van der Waals surface area contributed by atoms with Gasteiger partial charge in [0.1, 0.15) is 16.4 Å². The molecule has 0 fully saturated rings. The molecule has 33 heavy (non-hydrogen) atoms. The van der Waals surface area contributed by atoms with Crippen LogP contribution in [0.2, 0.25) is 0 Å². The van der Waals surface area contributed by atoms with Crippen LogP contribution in [0.4, 0.5) is 8.78 Å². The number of nitrogens with one attached hydrogen (secondary N) is 1. The summed E-state index contributed by atoms with van der Waals surface area (Å²) in [4.78, 5) is 20.5. The lowest BCUT2D eigenvalue weighted by molar-refractivity contribution is -0.122. The highest BCUT2D eigenvalue weighted by molar-refractivity contribution is 8.15. The van der Waals surface area contributed by atoms with E-state index in [2.05, 4.69) is 27.1 Å². The van der Waals surface area contributed by atoms with Crippen molar-refractivity contribution >= 4 is 34.7 Å². The van der Waals surface area contributed by atoms with Crippen molar-refractivity contribution in [1.82, 2.24) is 10.3 Å². The van der Waals surface area contributed by atoms with Crippen LogP contribution >= 0.6 is 11.8 Å². The van der Waals surface area contributed by atoms with Gasteiger partial charge in [0.25, 0.3) is 0 Å². The minimum Gasteiger partial charge on any atom is -0.379 e. The Labute approximate surface area is 198 Å². The summed E-state index contributed by atoms with van der Waals surface area (Å²) in [6.45, 7) is 3.70. The molecule has 0 bridgehead atoms. The van der Waals surface area contributed by atoms with E-state index in [1.54, 1.807) is 19.1 Å². The first kappa shape index (κ1) is 26.1. The number of nitrogens with zero attached hydrogens (tertiary/aromatic N) is 2. The minimum atomic E-state index is -1.10. The van der Waals surface area contributed by atoms with Gasteiger partial charge in [0, 0.05) is 32.3 Å². The number of amides is 1. The molecule has 3 N–H and O–H groups in total. The van der Waals surface area contributed by atoms with Crippen LogP contribution in [-0.2, 0) is 11.2 Å². The lowest BCUT2D eigenvalue weighted by atomic mass is 9.97. The summed E-state index contributed by atoms with van der Waals surface area (Å²) in [5, 5.41) is 2.79. The van der Waals surface area contributed by atoms with Crippen LogP contribution in [0.3, 0.4) is 0 Å². The van der Waals surface area contributed by atoms with Gasteiger partial charge >= 0.3 is 0 Å². The zero-order valence-electron chi connectivity index (χ0n) is 19.2. The molecule has 0 saturated carbocycles. The Hall–Kier alpha value is -3.18. The van der Waals surface area contributed by atoms with Crippen LogP contribution in [0.5, 0.6) is 0 Å². The standard InChI is InChI=1S/C25H28F2N4OS/c1-5-6-7-8-17-10-12-22(31-16-17)21(27)14-18-9-11-20(26)19(13-18)15-25(2,23(32)29-3)33-24(28)30-4/h9-14,16H,5-6,15H2,1-4H3,(H2,28,30)(H,29,32)/b21-14-/t25-/m1/s1. The van der Waals surface area contributed by atoms with Crippen molar-refractivity contribution in [3.05, 3.63) is 64.7 Å². The van der Waals surface area contributed by atoms with E-state index in [-0.39, 0.29) is 28.8 Å². The Morgan fingerprint density at radius 2 is 2.12 bits per heavy atom. The highest BCUT2D eigenvalue weighted by Crippen LogP contribution is 2.31. The Morgan fingerprint density at radius 3 is 2.73 bits per heavy atom. The molecule has 1 aromatic heterocycles. The zero-order valence-corrected chi connectivity index (χ0v) is 20.0. The topological polar surface area (TPSA) is 80.4 Å². The third kappa shape index (κ3) is 7.43. The van der Waals surface area contributed by atoms with E-state index in [1.165, 1.54) is 44.6 Å². The Morgan fingerprint density at radius 1 is 1.36 bits per heavy atom. The summed E-state index contributed by atoms with van der Waals surface area (Å²) in [6, 6.07) is 7.49. The van der Waals surface area contributed by atoms with Gasteiger partial charge in [-0.15, -0.1) is 0 Å². The maximum atomic E-state index is 14.8. The second kappa shape index (κ2) is 12.2. The molecule has 1 amide bonds. The lowest BCUT2D eigenvalue weighted by Crippen LogP contribution is -2.44. The fraction of sp³-hybridized carbons (Fsp3) is 0.320. The van der Waals surface area contributed by atoms with E-state index < -0.39 is 16.4 Å². The molecule has 0 aliphatic rings. The first-order valence-electron chi connectivity index (χ1n) is 10.5. The normalized spacial score (nSPS) is 13.6. The largest absolute Gasteiger partial charge is 0.379 e. The van der Waals surface area contributed by atoms with Gasteiger partial charge < -0.3 is 11.1 Å². The van der Waals surface area contributed by atoms with Crippen LogP contribution in [-0.4, -0.2) is 34.9 Å². The highest BCUT2D eigenvalue weighted by atomic mass is 32.2. The van der Waals surface area contributed by atoms with Gasteiger partial charge in [0.15, 0.2) is 5.17 Å². The van der Waals surface area contributed by atoms with Crippen LogP contribution in [0.15, 0.2) is 41.5 Å². The molecular formula is C25H28F2N4OS. The molecule has 1 heterocycles. The van der Waals surface area contributed by atoms with Crippen molar-refractivity contribution in [2.45, 2.75) is 37.9 Å². The van der Waals surface area contributed by atoms with Crippen molar-refractivity contribution in [2.75, 3.05) is 14.1 Å². The monoisotopic (exact) mass is 470 g/mol. The van der Waals surface area contributed by atoms with Crippen LogP contribution in [0, 0.1) is 17.7 Å². The molecule has 5 nitrogen and oxygen atoms in total. The molecule has 2 rings (SSSR count). The molecular weight excluding hydrogens is 442 g/mol. The molecule has 0 aliphatic carbocycles. The van der Waals surface area contributed by atoms with Crippen molar-refractivity contribution in [1.29, 1.82) is 0 Å². The van der Waals surface area contributed by atoms with Crippen molar-refractivity contribution in [3.8, 4) is 11.8 Å². The Bertz CT molecular complexity index is 1100. The van der Waals surface area contributed by atoms with E-state index in [0.717, 1.165) is 24.6 Å². The Balaban J connectivity index is 2.31. The van der Waals surface area contributed by atoms with Gasteiger partial charge in [-0.1, -0.05) is 36.6 Å². The molecule has 0 unspecified atom stereocenters. The molecule has 0 radical (unpaired) electrons. The summed E-state index contributed by atoms with van der Waals surface area (Å²) in [5.74, 6) is 4.62. The summed E-state index contributed by atoms with van der Waals surface area (Å²) < 4.78 is 28.3. The number of halogens is 2. The Kier molecular flexibility index (Phi) is 9.61. The number of unbranched alkanes of at least 4 members (excludes halogenated alkanes) is 1. The van der Waals surface area contributed by atoms with E-state index in [1.807, 2.05) is 6.92 Å². The maximum Gasteiger partial charge on any atom is 0.236 e. The number of carbonyl (C=O) groups excluding carboxylic acids is 1. The number of carbonyl (C=O) groups is 1. The van der Waals surface area contributed by atoms with Crippen LogP contribution in [0.1, 0.15) is 49.1 Å². The average molecular weight is 471 g/mol. The zero-order chi connectivity index (χ0) is 24.4. The second-order valence-electron chi connectivity index (χ2n) is 7.48. The number of hydrogen-bond acceptors (Lipinski definition) is 4. The van der Waals surface area contributed by atoms with Gasteiger partial charge in [-0.25, -0.2) is 8.78 Å². The van der Waals surface area contributed by atoms with Crippen LogP contribution in [0.25, 0.3) is 11.9 Å². The minimum absolute atomic E-state index is 0.0338. The number of aromatic nitrogens is 1. The van der Waals surface area contributed by atoms with Gasteiger partial charge in [0.05, 0.1) is 5.69 Å². The summed E-state index contributed by atoms with van der Waals surface area (Å²) >= 11 is 1.05. The quantitative estimate of drug-likeness (QED) is 0.353. The number of nitrogens with two attached hydrogens (primary N) is 1. The second-order valence-corrected chi connectivity index (χ2v) is 9.00. The third-order valence-corrected chi connectivity index (χ3v) is 5.94. The van der Waals surface area contributed by atoms with E-state index in [9.17, 15) is 13.6 Å². The van der Waals surface area contributed by atoms with Gasteiger partial charge in [-0.3, -0.25) is 14.8 Å². The molecule has 1 aromatic carbocycles. The molecule has 174 valence electrons. The smallest absolute Gasteiger partial charge is 0.236 e. The van der Waals surface area contributed by atoms with Gasteiger partial charge in [-0.05, 0) is 61.2 Å². The fourth-order valence-corrected chi connectivity index (χ4v) is 3.98. The first-order valence-corrected chi connectivity index (χ1v) is 11.3. The molecule has 2 aromatic rings. The lowest BCUT2D eigenvalue weighted by Gasteiger charge is -2.27. The van der Waals surface area contributed by atoms with Gasteiger partial charge in [-0.2, -0.15) is 0 Å². The molecule has 8 heteroatoms. The van der Waals surface area contributed by atoms with Gasteiger partial charge in [0.2, 0.25) is 5.91 Å². The predicted octanol–water partition coefficient (Wildman–Crippen LogP) is 4.56. The van der Waals surface area contributed by atoms with Crippen molar-refractivity contribution < 1.29 is 13.6 Å². The van der Waals surface area contributed by atoms with Crippen molar-refractivity contribution in [2.24, 2.45) is 10.7 Å².